The summed E-state index contributed by atoms with van der Waals surface area (Å²) in [6, 6.07) is 22.3. The highest BCUT2D eigenvalue weighted by molar-refractivity contribution is 5.31. The summed E-state index contributed by atoms with van der Waals surface area (Å²) in [5.74, 6) is 0.731. The lowest BCUT2D eigenvalue weighted by Gasteiger charge is -2.41. The molecule has 0 unspecified atom stereocenters. The van der Waals surface area contributed by atoms with Gasteiger partial charge in [-0.2, -0.15) is 0 Å². The van der Waals surface area contributed by atoms with Gasteiger partial charge in [0.25, 0.3) is 0 Å². The maximum atomic E-state index is 5.66. The van der Waals surface area contributed by atoms with Crippen molar-refractivity contribution in [1.82, 2.24) is 9.80 Å². The van der Waals surface area contributed by atoms with Crippen LogP contribution in [0.25, 0.3) is 0 Å². The molecular formula is C23H30N2O. The van der Waals surface area contributed by atoms with Crippen LogP contribution in [0.15, 0.2) is 60.7 Å². The number of hydrogen-bond donors (Lipinski definition) is 0. The monoisotopic (exact) mass is 350 g/mol. The molecule has 2 aromatic carbocycles. The molecule has 138 valence electrons. The number of hydrogen-bond acceptors (Lipinski definition) is 3. The molecule has 26 heavy (non-hydrogen) atoms. The normalized spacial score (nSPS) is 22.6. The first-order valence-electron chi connectivity index (χ1n) is 10.0. The van der Waals surface area contributed by atoms with Crippen molar-refractivity contribution in [2.24, 2.45) is 5.92 Å². The maximum absolute atomic E-state index is 5.66. The molecule has 0 bridgehead atoms. The van der Waals surface area contributed by atoms with E-state index < -0.39 is 0 Å². The Morgan fingerprint density at radius 2 is 1.46 bits per heavy atom. The summed E-state index contributed by atoms with van der Waals surface area (Å²) >= 11 is 0. The lowest BCUT2D eigenvalue weighted by molar-refractivity contribution is 0.0257. The van der Waals surface area contributed by atoms with Crippen LogP contribution in [0.1, 0.15) is 30.0 Å². The average molecular weight is 351 g/mol. The van der Waals surface area contributed by atoms with E-state index in [2.05, 4.69) is 70.5 Å². The number of nitrogens with zero attached hydrogens (tertiary/aromatic N) is 2. The van der Waals surface area contributed by atoms with Crippen molar-refractivity contribution in [2.75, 3.05) is 45.9 Å². The van der Waals surface area contributed by atoms with Gasteiger partial charge in [0.1, 0.15) is 0 Å². The summed E-state index contributed by atoms with van der Waals surface area (Å²) in [5, 5.41) is 0. The second kappa shape index (κ2) is 8.81. The smallest absolute Gasteiger partial charge is 0.0602 e. The van der Waals surface area contributed by atoms with Crippen molar-refractivity contribution >= 4 is 0 Å². The Bertz CT molecular complexity index is 607. The summed E-state index contributed by atoms with van der Waals surface area (Å²) in [6.45, 7) is 7.69. The molecule has 2 aliphatic rings. The Morgan fingerprint density at radius 1 is 0.846 bits per heavy atom. The van der Waals surface area contributed by atoms with Crippen LogP contribution in [0.3, 0.4) is 0 Å². The Morgan fingerprint density at radius 3 is 2.00 bits per heavy atom. The largest absolute Gasteiger partial charge is 0.381 e. The van der Waals surface area contributed by atoms with Crippen LogP contribution in [0, 0.1) is 5.92 Å². The molecule has 0 saturated carbocycles. The number of ether oxygens (including phenoxy) is 1. The van der Waals surface area contributed by atoms with E-state index in [-0.39, 0.29) is 0 Å². The fourth-order valence-electron chi connectivity index (χ4n) is 4.41. The van der Waals surface area contributed by atoms with E-state index in [1.54, 1.807) is 0 Å². The van der Waals surface area contributed by atoms with Gasteiger partial charge in [0.2, 0.25) is 0 Å². The summed E-state index contributed by atoms with van der Waals surface area (Å²) in [5.41, 5.74) is 2.79. The maximum Gasteiger partial charge on any atom is 0.0602 e. The lowest BCUT2D eigenvalue weighted by atomic mass is 9.96. The van der Waals surface area contributed by atoms with Crippen LogP contribution in [-0.2, 0) is 4.74 Å². The van der Waals surface area contributed by atoms with Gasteiger partial charge in [0.05, 0.1) is 12.6 Å². The van der Waals surface area contributed by atoms with E-state index in [9.17, 15) is 0 Å². The molecule has 3 heteroatoms. The van der Waals surface area contributed by atoms with Gasteiger partial charge >= 0.3 is 0 Å². The summed E-state index contributed by atoms with van der Waals surface area (Å²) in [7, 11) is 0. The van der Waals surface area contributed by atoms with E-state index in [1.165, 1.54) is 30.5 Å². The van der Waals surface area contributed by atoms with Gasteiger partial charge in [-0.05, 0) is 29.9 Å². The fraction of sp³-hybridized carbons (Fsp3) is 0.478. The highest BCUT2D eigenvalue weighted by Gasteiger charge is 2.27. The standard InChI is InChI=1S/C23H30N2O/c1-3-9-21(10-4-1)23(22-11-5-2-6-12-22)25-15-13-24(14-16-25)18-20-8-7-17-26-19-20/h1-6,9-12,20,23H,7-8,13-19H2/t20-/m0/s1. The molecule has 2 heterocycles. The molecular weight excluding hydrogens is 320 g/mol. The van der Waals surface area contributed by atoms with E-state index in [0.717, 1.165) is 45.3 Å². The van der Waals surface area contributed by atoms with Crippen LogP contribution < -0.4 is 0 Å². The van der Waals surface area contributed by atoms with E-state index in [4.69, 9.17) is 4.74 Å². The Labute approximate surface area is 157 Å². The van der Waals surface area contributed by atoms with Gasteiger partial charge in [-0.3, -0.25) is 4.90 Å². The molecule has 2 aliphatic heterocycles. The average Bonchev–Trinajstić information content (AvgIpc) is 2.72. The number of rotatable bonds is 5. The zero-order valence-electron chi connectivity index (χ0n) is 15.6. The second-order valence-corrected chi connectivity index (χ2v) is 7.64. The Hall–Kier alpha value is -1.68. The zero-order chi connectivity index (χ0) is 17.6. The van der Waals surface area contributed by atoms with Crippen molar-refractivity contribution in [3.63, 3.8) is 0 Å². The predicted molar refractivity (Wildman–Crippen MR) is 106 cm³/mol. The second-order valence-electron chi connectivity index (χ2n) is 7.64. The van der Waals surface area contributed by atoms with Crippen molar-refractivity contribution < 1.29 is 4.74 Å². The van der Waals surface area contributed by atoms with Gasteiger partial charge in [-0.1, -0.05) is 60.7 Å². The number of piperazine rings is 1. The third-order valence-electron chi connectivity index (χ3n) is 5.77. The van der Waals surface area contributed by atoms with Crippen molar-refractivity contribution in [1.29, 1.82) is 0 Å². The first-order chi connectivity index (χ1) is 12.9. The molecule has 0 aromatic heterocycles. The van der Waals surface area contributed by atoms with E-state index in [1.807, 2.05) is 0 Å². The molecule has 3 nitrogen and oxygen atoms in total. The van der Waals surface area contributed by atoms with Gasteiger partial charge in [0, 0.05) is 39.3 Å². The third-order valence-corrected chi connectivity index (χ3v) is 5.77. The Balaban J connectivity index is 1.43. The SMILES string of the molecule is c1ccc(C(c2ccccc2)N2CCN(C[C@@H]3CCCOC3)CC2)cc1. The van der Waals surface area contributed by atoms with Gasteiger partial charge in [0.15, 0.2) is 0 Å². The number of benzene rings is 2. The third kappa shape index (κ3) is 4.35. The highest BCUT2D eigenvalue weighted by Crippen LogP contribution is 2.29. The molecule has 2 saturated heterocycles. The summed E-state index contributed by atoms with van der Waals surface area (Å²) < 4.78 is 5.66. The van der Waals surface area contributed by atoms with Crippen LogP contribution in [0.5, 0.6) is 0 Å². The molecule has 1 atom stereocenters. The van der Waals surface area contributed by atoms with Crippen LogP contribution in [0.4, 0.5) is 0 Å². The predicted octanol–water partition coefficient (Wildman–Crippen LogP) is 3.82. The van der Waals surface area contributed by atoms with Gasteiger partial charge in [-0.25, -0.2) is 0 Å². The first kappa shape index (κ1) is 17.7. The Kier molecular flexibility index (Phi) is 6.00. The van der Waals surface area contributed by atoms with Crippen molar-refractivity contribution in [3.05, 3.63) is 71.8 Å². The summed E-state index contributed by atoms with van der Waals surface area (Å²) in [6.07, 6.45) is 2.56. The van der Waals surface area contributed by atoms with E-state index >= 15 is 0 Å². The van der Waals surface area contributed by atoms with Crippen LogP contribution in [-0.4, -0.2) is 55.7 Å². The molecule has 0 aliphatic carbocycles. The molecule has 4 rings (SSSR count). The first-order valence-corrected chi connectivity index (χ1v) is 10.0. The highest BCUT2D eigenvalue weighted by atomic mass is 16.5. The fourth-order valence-corrected chi connectivity index (χ4v) is 4.41. The molecule has 0 amide bonds. The molecule has 0 radical (unpaired) electrons. The van der Waals surface area contributed by atoms with E-state index in [0.29, 0.717) is 6.04 Å². The minimum Gasteiger partial charge on any atom is -0.381 e. The van der Waals surface area contributed by atoms with Gasteiger partial charge < -0.3 is 9.64 Å². The minimum atomic E-state index is 0.359. The quantitative estimate of drug-likeness (QED) is 0.815. The van der Waals surface area contributed by atoms with Crippen LogP contribution >= 0.6 is 0 Å². The molecule has 2 fully saturated rings. The van der Waals surface area contributed by atoms with Crippen molar-refractivity contribution in [2.45, 2.75) is 18.9 Å². The molecule has 2 aromatic rings. The lowest BCUT2D eigenvalue weighted by Crippen LogP contribution is -2.49. The van der Waals surface area contributed by atoms with Gasteiger partial charge in [-0.15, -0.1) is 0 Å². The van der Waals surface area contributed by atoms with Crippen LogP contribution in [0.2, 0.25) is 0 Å². The molecule has 0 N–H and O–H groups in total. The minimum absolute atomic E-state index is 0.359. The topological polar surface area (TPSA) is 15.7 Å². The van der Waals surface area contributed by atoms with Crippen molar-refractivity contribution in [3.8, 4) is 0 Å². The zero-order valence-corrected chi connectivity index (χ0v) is 15.6. The molecule has 0 spiro atoms. The summed E-state index contributed by atoms with van der Waals surface area (Å²) in [4.78, 5) is 5.29.